The summed E-state index contributed by atoms with van der Waals surface area (Å²) in [6.07, 6.45) is 3.32. The Bertz CT molecular complexity index is 1460. The smallest absolute Gasteiger partial charge is 0.255 e. The Labute approximate surface area is 252 Å². The van der Waals surface area contributed by atoms with E-state index in [2.05, 4.69) is 39.5 Å². The number of amides is 1. The van der Waals surface area contributed by atoms with Crippen LogP contribution in [0.2, 0.25) is 0 Å². The van der Waals surface area contributed by atoms with Crippen LogP contribution in [-0.4, -0.2) is 67.6 Å². The molecule has 0 bridgehead atoms. The van der Waals surface area contributed by atoms with Gasteiger partial charge in [0, 0.05) is 47.7 Å². The molecule has 43 heavy (non-hydrogen) atoms. The van der Waals surface area contributed by atoms with Crippen LogP contribution in [0.5, 0.6) is 11.5 Å². The van der Waals surface area contributed by atoms with Crippen molar-refractivity contribution in [1.82, 2.24) is 4.90 Å². The van der Waals surface area contributed by atoms with Gasteiger partial charge in [0.15, 0.2) is 11.4 Å². The molecule has 0 aromatic heterocycles. The van der Waals surface area contributed by atoms with E-state index in [4.69, 9.17) is 10.5 Å². The molecule has 0 spiro atoms. The first-order chi connectivity index (χ1) is 19.9. The number of ketones is 2. The molecule has 1 aromatic carbocycles. The molecular weight excluding hydrogens is 552 g/mol. The molecule has 6 N–H and O–H groups in total. The normalized spacial score (nSPS) is 26.0. The summed E-state index contributed by atoms with van der Waals surface area (Å²) in [5.74, 6) is -5.35. The van der Waals surface area contributed by atoms with Crippen LogP contribution < -0.4 is 10.5 Å². The summed E-state index contributed by atoms with van der Waals surface area (Å²) in [6.45, 7) is 12.5. The lowest BCUT2D eigenvalue weighted by Crippen LogP contribution is -2.57. The van der Waals surface area contributed by atoms with Gasteiger partial charge in [-0.3, -0.25) is 19.3 Å². The second-order valence-corrected chi connectivity index (χ2v) is 14.7. The van der Waals surface area contributed by atoms with Gasteiger partial charge in [-0.05, 0) is 69.3 Å². The van der Waals surface area contributed by atoms with Crippen LogP contribution >= 0.6 is 0 Å². The average Bonchev–Trinajstić information content (AvgIpc) is 3.68. The van der Waals surface area contributed by atoms with Crippen molar-refractivity contribution in [3.8, 4) is 11.5 Å². The maximum Gasteiger partial charge on any atom is 0.255 e. The Morgan fingerprint density at radius 1 is 1.12 bits per heavy atom. The van der Waals surface area contributed by atoms with Crippen molar-refractivity contribution in [3.05, 3.63) is 45.4 Å². The number of methoxy groups -OCH3 is 1. The lowest BCUT2D eigenvalue weighted by molar-refractivity contribution is -0.144. The number of carbonyl (C=O) groups is 3. The van der Waals surface area contributed by atoms with Gasteiger partial charge in [0.05, 0.1) is 12.7 Å². The summed E-state index contributed by atoms with van der Waals surface area (Å²) in [4.78, 5) is 41.4. The van der Waals surface area contributed by atoms with Crippen molar-refractivity contribution in [2.45, 2.75) is 90.8 Å². The minimum absolute atomic E-state index is 0.0417. The Balaban J connectivity index is 1.57. The van der Waals surface area contributed by atoms with Crippen LogP contribution in [0.25, 0.3) is 0 Å². The number of nitrogens with two attached hydrogens (primary N) is 1. The van der Waals surface area contributed by atoms with Crippen molar-refractivity contribution in [1.29, 1.82) is 0 Å². The quantitative estimate of drug-likeness (QED) is 0.278. The number of ether oxygens (including phenoxy) is 1. The number of allylic oxidation sites excluding steroid dienone is 2. The molecule has 1 unspecified atom stereocenters. The predicted molar refractivity (Wildman–Crippen MR) is 159 cm³/mol. The fourth-order valence-corrected chi connectivity index (χ4v) is 7.86. The van der Waals surface area contributed by atoms with E-state index in [0.29, 0.717) is 23.8 Å². The molecule has 0 saturated heterocycles. The summed E-state index contributed by atoms with van der Waals surface area (Å²) in [7, 11) is 1.53. The molecule has 1 amide bonds. The van der Waals surface area contributed by atoms with Crippen molar-refractivity contribution >= 4 is 17.5 Å². The van der Waals surface area contributed by atoms with E-state index in [0.717, 1.165) is 18.5 Å². The number of nitrogens with zero attached hydrogens (tertiary/aromatic N) is 1. The number of primary amides is 1. The molecule has 5 rings (SSSR count). The van der Waals surface area contributed by atoms with Gasteiger partial charge in [-0.1, -0.05) is 20.8 Å². The topological polar surface area (TPSA) is 171 Å². The Kier molecular flexibility index (Phi) is 7.49. The Morgan fingerprint density at radius 2 is 1.77 bits per heavy atom. The third-order valence-corrected chi connectivity index (χ3v) is 9.65. The van der Waals surface area contributed by atoms with Crippen molar-refractivity contribution in [3.63, 3.8) is 0 Å². The maximum atomic E-state index is 13.9. The highest BCUT2D eigenvalue weighted by atomic mass is 16.5. The molecule has 1 saturated carbocycles. The van der Waals surface area contributed by atoms with Gasteiger partial charge in [0.25, 0.3) is 5.91 Å². The fraction of sp³-hybridized carbons (Fsp3) is 0.606. The average molecular weight is 597 g/mol. The first kappa shape index (κ1) is 31.1. The van der Waals surface area contributed by atoms with E-state index >= 15 is 0 Å². The lowest BCUT2D eigenvalue weighted by Gasteiger charge is -2.46. The van der Waals surface area contributed by atoms with Gasteiger partial charge < -0.3 is 30.9 Å². The van der Waals surface area contributed by atoms with E-state index in [-0.39, 0.29) is 47.1 Å². The number of aliphatic hydroxyl groups is 3. The largest absolute Gasteiger partial charge is 0.511 e. The van der Waals surface area contributed by atoms with Gasteiger partial charge in [0.1, 0.15) is 28.6 Å². The molecule has 234 valence electrons. The summed E-state index contributed by atoms with van der Waals surface area (Å²) >= 11 is 0. The van der Waals surface area contributed by atoms with Gasteiger partial charge in [0.2, 0.25) is 5.78 Å². The second-order valence-electron chi connectivity index (χ2n) is 14.7. The Hall–Kier alpha value is -3.37. The number of fused-ring (bicyclic) bond motifs is 3. The van der Waals surface area contributed by atoms with Gasteiger partial charge in [-0.25, -0.2) is 0 Å². The highest BCUT2D eigenvalue weighted by molar-refractivity contribution is 6.24. The van der Waals surface area contributed by atoms with E-state index in [1.165, 1.54) is 20.0 Å². The van der Waals surface area contributed by atoms with Crippen LogP contribution in [0.15, 0.2) is 28.7 Å². The predicted octanol–water partition coefficient (Wildman–Crippen LogP) is 4.02. The van der Waals surface area contributed by atoms with E-state index < -0.39 is 52.0 Å². The van der Waals surface area contributed by atoms with E-state index in [1.807, 2.05) is 0 Å². The number of aromatic hydroxyl groups is 1. The zero-order valence-electron chi connectivity index (χ0n) is 25.9. The number of Topliss-reactive ketones (excluding diaryl/α,β-unsaturated/α-hetero) is 2. The van der Waals surface area contributed by atoms with Crippen LogP contribution in [-0.2, 0) is 22.6 Å². The molecule has 0 aliphatic heterocycles. The number of rotatable bonds is 8. The molecule has 0 radical (unpaired) electrons. The highest BCUT2D eigenvalue weighted by Gasteiger charge is 2.60. The molecule has 1 aromatic rings. The second kappa shape index (κ2) is 10.4. The van der Waals surface area contributed by atoms with Gasteiger partial charge >= 0.3 is 0 Å². The summed E-state index contributed by atoms with van der Waals surface area (Å²) in [5, 5.41) is 44.4. The monoisotopic (exact) mass is 596 g/mol. The molecule has 0 heterocycles. The molecule has 1 fully saturated rings. The third-order valence-electron chi connectivity index (χ3n) is 9.65. The first-order valence-corrected chi connectivity index (χ1v) is 15.0. The molecule has 4 aliphatic carbocycles. The van der Waals surface area contributed by atoms with Crippen molar-refractivity contribution in [2.24, 2.45) is 28.9 Å². The fourth-order valence-electron chi connectivity index (χ4n) is 7.86. The minimum atomic E-state index is -2.59. The zero-order chi connectivity index (χ0) is 31.8. The lowest BCUT2D eigenvalue weighted by atomic mass is 9.60. The number of benzene rings is 1. The van der Waals surface area contributed by atoms with Crippen LogP contribution in [0, 0.1) is 23.2 Å². The maximum absolute atomic E-state index is 13.9. The number of phenolic OH excluding ortho intramolecular Hbond substituents is 1. The zero-order valence-corrected chi connectivity index (χ0v) is 25.9. The van der Waals surface area contributed by atoms with Crippen LogP contribution in [0.3, 0.4) is 0 Å². The summed E-state index contributed by atoms with van der Waals surface area (Å²) in [5.41, 5.74) is 2.88. The van der Waals surface area contributed by atoms with E-state index in [9.17, 15) is 34.8 Å². The summed E-state index contributed by atoms with van der Waals surface area (Å²) < 4.78 is 5.92. The third kappa shape index (κ3) is 5.22. The number of aliphatic hydroxyl groups excluding tert-OH is 2. The number of hydrogen-bond acceptors (Lipinski definition) is 9. The van der Waals surface area contributed by atoms with Gasteiger partial charge in [-0.15, -0.1) is 0 Å². The molecular formula is C33H44N2O8. The number of phenols is 1. The molecule has 4 aliphatic rings. The number of hydrogen-bond donors (Lipinski definition) is 5. The van der Waals surface area contributed by atoms with Crippen molar-refractivity contribution in [2.75, 3.05) is 13.7 Å². The molecule has 10 nitrogen and oxygen atoms in total. The summed E-state index contributed by atoms with van der Waals surface area (Å²) in [6, 6.07) is 1.54. The molecule has 10 heteroatoms. The highest BCUT2D eigenvalue weighted by Crippen LogP contribution is 2.53. The number of carbonyl (C=O) groups excluding carboxylic acids is 3. The SMILES string of the molecule is COc1c(CN(CC2CC2)C(C)(C)CC(C)(C)C)cc(O)c2c1CC1C[C@H]3CC(O)=C(C(N)=O)C(=O)[C@@]3(O)C(O)=C1C2=O. The van der Waals surface area contributed by atoms with Crippen molar-refractivity contribution < 1.29 is 39.5 Å². The minimum Gasteiger partial charge on any atom is -0.511 e. The first-order valence-electron chi connectivity index (χ1n) is 15.0. The van der Waals surface area contributed by atoms with Crippen LogP contribution in [0.1, 0.15) is 88.2 Å². The Morgan fingerprint density at radius 3 is 2.33 bits per heavy atom. The molecule has 3 atom stereocenters. The van der Waals surface area contributed by atoms with Crippen LogP contribution in [0.4, 0.5) is 0 Å². The van der Waals surface area contributed by atoms with Gasteiger partial charge in [-0.2, -0.15) is 0 Å². The standard InChI is InChI=1S/C33H44N2O8/c1-31(2,3)15-32(4,5)35(13-16-7-8-16)14-18-11-21(36)24-20(27(18)43-6)10-17-9-19-12-22(37)25(30(34)41)29(40)33(19,42)28(39)23(17)26(24)38/h11,16-17,19,36-37,39,42H,7-10,12-15H2,1-6H3,(H2,34,41)/t17?,19-,33-/m0/s1. The van der Waals surface area contributed by atoms with E-state index in [1.54, 1.807) is 6.07 Å².